The van der Waals surface area contributed by atoms with Crippen molar-refractivity contribution in [2.45, 2.75) is 18.9 Å². The molecule has 0 aromatic carbocycles. The number of aromatic nitrogens is 1. The van der Waals surface area contributed by atoms with Crippen molar-refractivity contribution >= 4 is 24.2 Å². The lowest BCUT2D eigenvalue weighted by Crippen LogP contribution is -1.91. The van der Waals surface area contributed by atoms with Crippen LogP contribution in [-0.4, -0.2) is 17.5 Å². The number of pyridine rings is 1. The van der Waals surface area contributed by atoms with Crippen LogP contribution in [0.15, 0.2) is 28.3 Å². The Labute approximate surface area is 83.5 Å². The van der Waals surface area contributed by atoms with E-state index in [0.717, 1.165) is 16.5 Å². The molecule has 0 aliphatic rings. The number of thioether (sulfide) groups is 1. The fourth-order valence-corrected chi connectivity index (χ4v) is 1.77. The molecule has 0 aliphatic heterocycles. The second-order valence-corrected chi connectivity index (χ2v) is 4.20. The predicted octanol–water partition coefficient (Wildman–Crippen LogP) is 3.16. The number of rotatable bonds is 4. The molecule has 1 aromatic heterocycles. The minimum Gasteiger partial charge on any atom is -0.262 e. The van der Waals surface area contributed by atoms with Crippen molar-refractivity contribution in [1.82, 2.24) is 4.98 Å². The number of hydrogen-bond donors (Lipinski definition) is 0. The molecular weight excluding hydrogens is 180 g/mol. The van der Waals surface area contributed by atoms with Crippen molar-refractivity contribution in [2.75, 3.05) is 5.75 Å². The highest BCUT2D eigenvalue weighted by Gasteiger charge is 2.02. The highest BCUT2D eigenvalue weighted by Crippen LogP contribution is 2.27. The Morgan fingerprint density at radius 1 is 1.62 bits per heavy atom. The summed E-state index contributed by atoms with van der Waals surface area (Å²) < 4.78 is 0. The summed E-state index contributed by atoms with van der Waals surface area (Å²) in [7, 11) is 0. The van der Waals surface area contributed by atoms with E-state index < -0.39 is 0 Å². The number of nitrogens with zero attached hydrogens (tertiary/aromatic N) is 2. The first kappa shape index (κ1) is 10.3. The van der Waals surface area contributed by atoms with E-state index in [4.69, 9.17) is 0 Å². The molecule has 0 saturated carbocycles. The number of hydrogen-bond acceptors (Lipinski definition) is 3. The van der Waals surface area contributed by atoms with Gasteiger partial charge in [0.05, 0.1) is 5.69 Å². The highest BCUT2D eigenvalue weighted by atomic mass is 32.2. The minimum absolute atomic E-state index is 0.671. The van der Waals surface area contributed by atoms with Gasteiger partial charge in [-0.15, -0.1) is 11.8 Å². The zero-order chi connectivity index (χ0) is 9.68. The van der Waals surface area contributed by atoms with Crippen LogP contribution in [0.4, 0.5) is 5.69 Å². The third kappa shape index (κ3) is 3.19. The molecule has 0 bridgehead atoms. The van der Waals surface area contributed by atoms with Crippen LogP contribution in [0.2, 0.25) is 0 Å². The van der Waals surface area contributed by atoms with Gasteiger partial charge in [-0.2, -0.15) is 0 Å². The van der Waals surface area contributed by atoms with E-state index in [-0.39, 0.29) is 0 Å². The van der Waals surface area contributed by atoms with Crippen molar-refractivity contribution < 1.29 is 0 Å². The Kier molecular flexibility index (Phi) is 3.96. The Bertz CT molecular complexity index is 284. The highest BCUT2D eigenvalue weighted by molar-refractivity contribution is 7.99. The summed E-state index contributed by atoms with van der Waals surface area (Å²) in [5, 5.41) is 0.978. The third-order valence-electron chi connectivity index (χ3n) is 1.47. The molecule has 13 heavy (non-hydrogen) atoms. The van der Waals surface area contributed by atoms with E-state index in [1.807, 2.05) is 12.1 Å². The largest absolute Gasteiger partial charge is 0.262 e. The Morgan fingerprint density at radius 2 is 2.38 bits per heavy atom. The van der Waals surface area contributed by atoms with E-state index in [0.29, 0.717) is 5.92 Å². The first-order valence-corrected chi connectivity index (χ1v) is 5.27. The molecule has 1 heterocycles. The van der Waals surface area contributed by atoms with Crippen molar-refractivity contribution in [2.24, 2.45) is 10.9 Å². The third-order valence-corrected chi connectivity index (χ3v) is 2.90. The summed E-state index contributed by atoms with van der Waals surface area (Å²) in [6.07, 6.45) is 1.79. The van der Waals surface area contributed by atoms with E-state index in [9.17, 15) is 0 Å². The molecule has 0 saturated heterocycles. The fourth-order valence-electron chi connectivity index (χ4n) is 0.859. The lowest BCUT2D eigenvalue weighted by molar-refractivity contribution is 0.749. The molecule has 70 valence electrons. The van der Waals surface area contributed by atoms with Crippen LogP contribution in [0.25, 0.3) is 0 Å². The van der Waals surface area contributed by atoms with Crippen LogP contribution in [0.5, 0.6) is 0 Å². The van der Waals surface area contributed by atoms with Gasteiger partial charge in [0.15, 0.2) is 0 Å². The lowest BCUT2D eigenvalue weighted by Gasteiger charge is -2.05. The van der Waals surface area contributed by atoms with Crippen LogP contribution in [0, 0.1) is 5.92 Å². The van der Waals surface area contributed by atoms with E-state index in [1.165, 1.54) is 0 Å². The molecule has 1 rings (SSSR count). The van der Waals surface area contributed by atoms with Gasteiger partial charge < -0.3 is 0 Å². The summed E-state index contributed by atoms with van der Waals surface area (Å²) in [6, 6.07) is 3.81. The molecular formula is C10H14N2S. The quantitative estimate of drug-likeness (QED) is 0.543. The van der Waals surface area contributed by atoms with Crippen molar-refractivity contribution in [1.29, 1.82) is 0 Å². The molecule has 0 fully saturated rings. The molecule has 0 radical (unpaired) electrons. The first-order chi connectivity index (χ1) is 6.24. The molecule has 0 N–H and O–H groups in total. The van der Waals surface area contributed by atoms with Gasteiger partial charge in [0.2, 0.25) is 0 Å². The molecule has 3 heteroatoms. The predicted molar refractivity (Wildman–Crippen MR) is 59.0 cm³/mol. The van der Waals surface area contributed by atoms with Gasteiger partial charge in [-0.25, -0.2) is 4.98 Å². The number of aliphatic imine (C=N–C) groups is 1. The van der Waals surface area contributed by atoms with Crippen molar-refractivity contribution in [3.63, 3.8) is 0 Å². The summed E-state index contributed by atoms with van der Waals surface area (Å²) in [6.45, 7) is 7.90. The van der Waals surface area contributed by atoms with Gasteiger partial charge in [0, 0.05) is 11.9 Å². The summed E-state index contributed by atoms with van der Waals surface area (Å²) >= 11 is 1.73. The molecule has 2 nitrogen and oxygen atoms in total. The van der Waals surface area contributed by atoms with Gasteiger partial charge in [-0.3, -0.25) is 4.99 Å². The van der Waals surface area contributed by atoms with Crippen LogP contribution >= 0.6 is 11.8 Å². The standard InChI is InChI=1S/C10H14N2S/c1-8(2)7-13-10-9(11-3)5-4-6-12-10/h4-6,8H,3,7H2,1-2H3. The summed E-state index contributed by atoms with van der Waals surface area (Å²) in [5.74, 6) is 1.74. The Morgan fingerprint density at radius 3 is 3.00 bits per heavy atom. The van der Waals surface area contributed by atoms with Gasteiger partial charge in [0.25, 0.3) is 0 Å². The zero-order valence-electron chi connectivity index (χ0n) is 8.03. The maximum absolute atomic E-state index is 4.25. The summed E-state index contributed by atoms with van der Waals surface area (Å²) in [4.78, 5) is 8.17. The molecule has 1 aromatic rings. The second-order valence-electron chi connectivity index (χ2n) is 3.19. The Hall–Kier alpha value is -0.830. The van der Waals surface area contributed by atoms with Crippen LogP contribution in [0.3, 0.4) is 0 Å². The van der Waals surface area contributed by atoms with Crippen LogP contribution in [-0.2, 0) is 0 Å². The lowest BCUT2D eigenvalue weighted by atomic mass is 10.3. The minimum atomic E-state index is 0.671. The normalized spacial score (nSPS) is 10.4. The molecule has 0 aliphatic carbocycles. The van der Waals surface area contributed by atoms with Gasteiger partial charge >= 0.3 is 0 Å². The topological polar surface area (TPSA) is 25.2 Å². The van der Waals surface area contributed by atoms with Crippen molar-refractivity contribution in [3.05, 3.63) is 18.3 Å². The van der Waals surface area contributed by atoms with Crippen molar-refractivity contribution in [3.8, 4) is 0 Å². The zero-order valence-corrected chi connectivity index (χ0v) is 8.84. The van der Waals surface area contributed by atoms with Crippen LogP contribution < -0.4 is 0 Å². The maximum Gasteiger partial charge on any atom is 0.122 e. The summed E-state index contributed by atoms with van der Waals surface area (Å²) in [5.41, 5.74) is 0.883. The molecule has 0 unspecified atom stereocenters. The Balaban J connectivity index is 2.69. The van der Waals surface area contributed by atoms with E-state index >= 15 is 0 Å². The molecule has 0 amide bonds. The van der Waals surface area contributed by atoms with E-state index in [2.05, 4.69) is 30.5 Å². The molecule has 0 atom stereocenters. The SMILES string of the molecule is C=Nc1cccnc1SCC(C)C. The van der Waals surface area contributed by atoms with Gasteiger partial charge in [0.1, 0.15) is 5.03 Å². The maximum atomic E-state index is 4.25. The average Bonchev–Trinajstić information content (AvgIpc) is 2.15. The first-order valence-electron chi connectivity index (χ1n) is 4.28. The van der Waals surface area contributed by atoms with Gasteiger partial charge in [-0.05, 0) is 24.8 Å². The fraction of sp³-hybridized carbons (Fsp3) is 0.400. The van der Waals surface area contributed by atoms with E-state index in [1.54, 1.807) is 18.0 Å². The second kappa shape index (κ2) is 5.02. The average molecular weight is 194 g/mol. The molecule has 0 spiro atoms. The smallest absolute Gasteiger partial charge is 0.122 e. The van der Waals surface area contributed by atoms with Gasteiger partial charge in [-0.1, -0.05) is 13.8 Å². The monoisotopic (exact) mass is 194 g/mol. The van der Waals surface area contributed by atoms with Crippen LogP contribution in [0.1, 0.15) is 13.8 Å².